The van der Waals surface area contributed by atoms with Crippen molar-refractivity contribution in [2.24, 2.45) is 0 Å². The summed E-state index contributed by atoms with van der Waals surface area (Å²) in [4.78, 5) is 13.1. The molecule has 4 aromatic rings. The van der Waals surface area contributed by atoms with Gasteiger partial charge in [0.25, 0.3) is 0 Å². The van der Waals surface area contributed by atoms with E-state index in [4.69, 9.17) is 0 Å². The highest BCUT2D eigenvalue weighted by atomic mass is 32.1. The van der Waals surface area contributed by atoms with Gasteiger partial charge in [-0.25, -0.2) is 15.0 Å². The van der Waals surface area contributed by atoms with Crippen LogP contribution in [0, 0.1) is 5.51 Å². The zero-order valence-electron chi connectivity index (χ0n) is 9.12. The van der Waals surface area contributed by atoms with E-state index in [2.05, 4.69) is 26.5 Å². The van der Waals surface area contributed by atoms with E-state index < -0.39 is 0 Å². The van der Waals surface area contributed by atoms with Gasteiger partial charge in [-0.15, -0.1) is 22.7 Å². The molecule has 3 nitrogen and oxygen atoms in total. The Balaban J connectivity index is 2.03. The van der Waals surface area contributed by atoms with Crippen molar-refractivity contribution in [1.29, 1.82) is 0 Å². The molecule has 0 aliphatic heterocycles. The number of aromatic nitrogens is 3. The van der Waals surface area contributed by atoms with Gasteiger partial charge >= 0.3 is 0 Å². The van der Waals surface area contributed by atoms with Crippen LogP contribution in [0.2, 0.25) is 0 Å². The highest BCUT2D eigenvalue weighted by Gasteiger charge is 2.08. The molecule has 0 unspecified atom stereocenters. The molecule has 4 rings (SSSR count). The van der Waals surface area contributed by atoms with Crippen molar-refractivity contribution >= 4 is 43.2 Å². The molecule has 0 amide bonds. The summed E-state index contributed by atoms with van der Waals surface area (Å²) >= 11 is 3.13. The third-order valence-corrected chi connectivity index (χ3v) is 4.38. The number of fused-ring (bicyclic) bond motifs is 2. The molecule has 3 aromatic heterocycles. The summed E-state index contributed by atoms with van der Waals surface area (Å²) in [5, 5.41) is 0. The summed E-state index contributed by atoms with van der Waals surface area (Å²) < 4.78 is 2.23. The third-order valence-electron chi connectivity index (χ3n) is 2.78. The largest absolute Gasteiger partial charge is 0.245 e. The molecule has 0 saturated heterocycles. The Bertz CT molecular complexity index is 847. The van der Waals surface area contributed by atoms with Crippen molar-refractivity contribution in [3.8, 4) is 11.3 Å². The zero-order chi connectivity index (χ0) is 11.9. The van der Waals surface area contributed by atoms with Crippen LogP contribution in [-0.4, -0.2) is 15.0 Å². The first-order valence-corrected chi connectivity index (χ1v) is 7.08. The molecule has 0 fully saturated rings. The second-order valence-electron chi connectivity index (χ2n) is 3.83. The molecular formula is C13H6N3S2. The first kappa shape index (κ1) is 10.1. The molecule has 1 aromatic carbocycles. The van der Waals surface area contributed by atoms with Crippen LogP contribution in [-0.2, 0) is 0 Å². The molecule has 3 heterocycles. The summed E-state index contributed by atoms with van der Waals surface area (Å²) in [6.07, 6.45) is 0. The maximum absolute atomic E-state index is 4.58. The third kappa shape index (κ3) is 1.45. The van der Waals surface area contributed by atoms with Gasteiger partial charge in [-0.05, 0) is 18.2 Å². The smallest absolute Gasteiger partial charge is 0.171 e. The van der Waals surface area contributed by atoms with E-state index in [1.165, 1.54) is 16.0 Å². The van der Waals surface area contributed by atoms with Crippen molar-refractivity contribution in [3.63, 3.8) is 0 Å². The van der Waals surface area contributed by atoms with E-state index in [-0.39, 0.29) is 0 Å². The van der Waals surface area contributed by atoms with Gasteiger partial charge in [-0.3, -0.25) is 0 Å². The van der Waals surface area contributed by atoms with Gasteiger partial charge in [0.2, 0.25) is 0 Å². The fourth-order valence-electron chi connectivity index (χ4n) is 1.95. The molecule has 0 N–H and O–H groups in total. The predicted octanol–water partition coefficient (Wildman–Crippen LogP) is 3.77. The first-order valence-electron chi connectivity index (χ1n) is 5.38. The lowest BCUT2D eigenvalue weighted by molar-refractivity contribution is 1.33. The maximum Gasteiger partial charge on any atom is 0.171 e. The van der Waals surface area contributed by atoms with Gasteiger partial charge in [0.1, 0.15) is 0 Å². The van der Waals surface area contributed by atoms with Crippen LogP contribution in [0.3, 0.4) is 0 Å². The topological polar surface area (TPSA) is 38.7 Å². The molecule has 0 spiro atoms. The SMILES string of the molecule is [c]1nc2nc(-c3cccc4ncsc34)ccc2s1. The normalized spacial score (nSPS) is 11.3. The van der Waals surface area contributed by atoms with Crippen molar-refractivity contribution in [2.45, 2.75) is 0 Å². The molecule has 0 bridgehead atoms. The Kier molecular flexibility index (Phi) is 2.15. The van der Waals surface area contributed by atoms with Crippen LogP contribution in [0.15, 0.2) is 35.8 Å². The minimum Gasteiger partial charge on any atom is -0.245 e. The molecule has 1 radical (unpaired) electrons. The Morgan fingerprint density at radius 1 is 1.11 bits per heavy atom. The van der Waals surface area contributed by atoms with E-state index in [0.717, 1.165) is 27.1 Å². The van der Waals surface area contributed by atoms with E-state index >= 15 is 0 Å². The second kappa shape index (κ2) is 3.83. The number of pyridine rings is 1. The second-order valence-corrected chi connectivity index (χ2v) is 5.51. The van der Waals surface area contributed by atoms with Crippen LogP contribution >= 0.6 is 22.7 Å². The number of hydrogen-bond donors (Lipinski definition) is 0. The van der Waals surface area contributed by atoms with Gasteiger partial charge in [-0.2, -0.15) is 0 Å². The number of hydrogen-bond acceptors (Lipinski definition) is 5. The number of benzene rings is 1. The van der Waals surface area contributed by atoms with Crippen molar-refractivity contribution < 1.29 is 0 Å². The number of nitrogens with zero attached hydrogens (tertiary/aromatic N) is 3. The lowest BCUT2D eigenvalue weighted by Crippen LogP contribution is -1.84. The van der Waals surface area contributed by atoms with Crippen molar-refractivity contribution in [1.82, 2.24) is 15.0 Å². The minimum absolute atomic E-state index is 0.763. The number of rotatable bonds is 1. The van der Waals surface area contributed by atoms with Gasteiger partial charge < -0.3 is 0 Å². The highest BCUT2D eigenvalue weighted by molar-refractivity contribution is 7.17. The molecule has 0 atom stereocenters. The summed E-state index contributed by atoms with van der Waals surface area (Å²) in [7, 11) is 0. The van der Waals surface area contributed by atoms with Crippen LogP contribution < -0.4 is 0 Å². The molecule has 5 heteroatoms. The average Bonchev–Trinajstić information content (AvgIpc) is 3.05. The van der Waals surface area contributed by atoms with Crippen molar-refractivity contribution in [2.75, 3.05) is 0 Å². The van der Waals surface area contributed by atoms with E-state index in [0.29, 0.717) is 0 Å². The van der Waals surface area contributed by atoms with Gasteiger partial charge in [0.05, 0.1) is 26.1 Å². The van der Waals surface area contributed by atoms with E-state index in [9.17, 15) is 0 Å². The molecular weight excluding hydrogens is 262 g/mol. The molecule has 18 heavy (non-hydrogen) atoms. The Morgan fingerprint density at radius 2 is 2.11 bits per heavy atom. The molecule has 85 valence electrons. The predicted molar refractivity (Wildman–Crippen MR) is 74.9 cm³/mol. The minimum atomic E-state index is 0.763. The standard InChI is InChI=1S/C13H6N3S2/c1-2-8(12-10(3-1)14-6-18-12)9-4-5-11-13(16-9)15-7-17-11/h1-6H. The summed E-state index contributed by atoms with van der Waals surface area (Å²) in [5.41, 5.74) is 8.57. The van der Waals surface area contributed by atoms with Crippen molar-refractivity contribution in [3.05, 3.63) is 41.4 Å². The van der Waals surface area contributed by atoms with Gasteiger partial charge in [0, 0.05) is 5.56 Å². The maximum atomic E-state index is 4.58. The highest BCUT2D eigenvalue weighted by Crippen LogP contribution is 2.31. The summed E-state index contributed by atoms with van der Waals surface area (Å²) in [6.45, 7) is 0. The molecule has 0 aliphatic rings. The fraction of sp³-hybridized carbons (Fsp3) is 0. The lowest BCUT2D eigenvalue weighted by atomic mass is 10.1. The van der Waals surface area contributed by atoms with Crippen LogP contribution in [0.1, 0.15) is 0 Å². The molecule has 0 saturated carbocycles. The summed E-state index contributed by atoms with van der Waals surface area (Å²) in [5.74, 6) is 0. The average molecular weight is 268 g/mol. The van der Waals surface area contributed by atoms with Crippen LogP contribution in [0.25, 0.3) is 31.8 Å². The van der Waals surface area contributed by atoms with Crippen LogP contribution in [0.5, 0.6) is 0 Å². The van der Waals surface area contributed by atoms with Gasteiger partial charge in [0.15, 0.2) is 11.2 Å². The Morgan fingerprint density at radius 3 is 3.11 bits per heavy atom. The summed E-state index contributed by atoms with van der Waals surface area (Å²) in [6, 6.07) is 10.2. The Labute approximate surface area is 111 Å². The Hall–Kier alpha value is -1.85. The van der Waals surface area contributed by atoms with E-state index in [1.807, 2.05) is 29.8 Å². The van der Waals surface area contributed by atoms with Gasteiger partial charge in [-0.1, -0.05) is 12.1 Å². The monoisotopic (exact) mass is 268 g/mol. The molecule has 0 aliphatic carbocycles. The quantitative estimate of drug-likeness (QED) is 0.527. The van der Waals surface area contributed by atoms with E-state index in [1.54, 1.807) is 11.3 Å². The van der Waals surface area contributed by atoms with Crippen LogP contribution in [0.4, 0.5) is 0 Å². The number of thiazole rings is 2. The first-order chi connectivity index (χ1) is 8.92. The fourth-order valence-corrected chi connectivity index (χ4v) is 3.31. The zero-order valence-corrected chi connectivity index (χ0v) is 10.8. The lowest BCUT2D eigenvalue weighted by Gasteiger charge is -2.01.